The second kappa shape index (κ2) is 9.57. The lowest BCUT2D eigenvalue weighted by molar-refractivity contribution is -0.120. The van der Waals surface area contributed by atoms with Gasteiger partial charge in [-0.3, -0.25) is 4.79 Å². The van der Waals surface area contributed by atoms with Crippen molar-refractivity contribution in [3.05, 3.63) is 90.0 Å². The van der Waals surface area contributed by atoms with E-state index in [1.165, 1.54) is 12.1 Å². The van der Waals surface area contributed by atoms with E-state index in [4.69, 9.17) is 19.0 Å². The molecule has 0 atom stereocenters. The smallest absolute Gasteiger partial charge is 0.420 e. The summed E-state index contributed by atoms with van der Waals surface area (Å²) in [5, 5.41) is 16.9. The Bertz CT molecular complexity index is 1220. The molecule has 0 unspecified atom stereocenters. The van der Waals surface area contributed by atoms with Crippen LogP contribution in [0.4, 0.5) is 0 Å². The largest absolute Gasteiger partial charge is 0.486 e. The van der Waals surface area contributed by atoms with Crippen LogP contribution in [0.15, 0.2) is 83.3 Å². The zero-order valence-electron chi connectivity index (χ0n) is 16.8. The lowest BCUT2D eigenvalue weighted by atomic mass is 10.1. The van der Waals surface area contributed by atoms with Crippen molar-refractivity contribution in [3.8, 4) is 29.0 Å². The lowest BCUT2D eigenvalue weighted by Crippen LogP contribution is -2.14. The van der Waals surface area contributed by atoms with E-state index in [2.05, 4.69) is 10.2 Å². The molecular weight excluding hydrogens is 412 g/mol. The van der Waals surface area contributed by atoms with Gasteiger partial charge >= 0.3 is 12.0 Å². The Morgan fingerprint density at radius 2 is 1.62 bits per heavy atom. The van der Waals surface area contributed by atoms with E-state index in [1.807, 2.05) is 30.3 Å². The van der Waals surface area contributed by atoms with Crippen LogP contribution in [0.1, 0.15) is 15.9 Å². The summed E-state index contributed by atoms with van der Waals surface area (Å²) in [5.74, 6) is 0.104. The van der Waals surface area contributed by atoms with Gasteiger partial charge in [-0.15, -0.1) is 5.10 Å². The Morgan fingerprint density at radius 3 is 2.38 bits per heavy atom. The number of carbonyl (C=O) groups is 2. The fraction of sp³-hybridized carbons (Fsp3) is 0.0833. The Hall–Kier alpha value is -4.46. The van der Waals surface area contributed by atoms with E-state index in [0.29, 0.717) is 23.0 Å². The summed E-state index contributed by atoms with van der Waals surface area (Å²) in [7, 11) is 0. The summed E-state index contributed by atoms with van der Waals surface area (Å²) in [5.41, 5.74) is 1.55. The summed E-state index contributed by atoms with van der Waals surface area (Å²) in [6.07, 6.45) is 0.0970. The van der Waals surface area contributed by atoms with Gasteiger partial charge in [-0.25, -0.2) is 4.79 Å². The number of ketones is 1. The number of hydrogen-bond acceptors (Lipinski definition) is 7. The van der Waals surface area contributed by atoms with Gasteiger partial charge in [0.15, 0.2) is 5.78 Å². The minimum atomic E-state index is -1.03. The predicted molar refractivity (Wildman–Crippen MR) is 114 cm³/mol. The summed E-state index contributed by atoms with van der Waals surface area (Å²) in [6.45, 7) is -0.137. The lowest BCUT2D eigenvalue weighted by Gasteiger charge is -2.07. The van der Waals surface area contributed by atoms with Gasteiger partial charge in [0.1, 0.15) is 18.1 Å². The molecule has 0 spiro atoms. The van der Waals surface area contributed by atoms with E-state index in [1.54, 1.807) is 36.4 Å². The molecule has 4 aromatic rings. The van der Waals surface area contributed by atoms with Crippen LogP contribution in [0, 0.1) is 0 Å². The van der Waals surface area contributed by atoms with Crippen LogP contribution in [0.25, 0.3) is 11.5 Å². The molecule has 8 nitrogen and oxygen atoms in total. The van der Waals surface area contributed by atoms with Crippen LogP contribution in [-0.4, -0.2) is 33.7 Å². The van der Waals surface area contributed by atoms with Crippen LogP contribution in [-0.2, 0) is 11.2 Å². The average Bonchev–Trinajstić information content (AvgIpc) is 3.28. The van der Waals surface area contributed by atoms with Gasteiger partial charge in [-0.1, -0.05) is 35.4 Å². The number of hydrogen-bond donors (Lipinski definition) is 1. The van der Waals surface area contributed by atoms with Crippen molar-refractivity contribution < 1.29 is 28.6 Å². The highest BCUT2D eigenvalue weighted by molar-refractivity contribution is 5.88. The maximum Gasteiger partial charge on any atom is 0.420 e. The molecule has 0 aliphatic heterocycles. The SMILES string of the molecule is O=C(COc1ccc(Oc2nnc(-c3ccccc3)o2)cc1)Cc1cccc(C(=O)O)c1. The van der Waals surface area contributed by atoms with Crippen LogP contribution in [0.5, 0.6) is 17.6 Å². The first kappa shape index (κ1) is 20.8. The van der Waals surface area contributed by atoms with E-state index in [0.717, 1.165) is 5.56 Å². The molecule has 1 aromatic heterocycles. The molecule has 1 heterocycles. The molecule has 0 bridgehead atoms. The highest BCUT2D eigenvalue weighted by atomic mass is 16.6. The highest BCUT2D eigenvalue weighted by Crippen LogP contribution is 2.26. The Balaban J connectivity index is 1.29. The van der Waals surface area contributed by atoms with Crippen molar-refractivity contribution in [2.24, 2.45) is 0 Å². The Morgan fingerprint density at radius 1 is 0.875 bits per heavy atom. The van der Waals surface area contributed by atoms with Gasteiger partial charge in [0.25, 0.3) is 5.89 Å². The monoisotopic (exact) mass is 430 g/mol. The zero-order chi connectivity index (χ0) is 22.3. The molecule has 0 fully saturated rings. The predicted octanol–water partition coefficient (Wildman–Crippen LogP) is 4.42. The van der Waals surface area contributed by atoms with Crippen LogP contribution in [0.3, 0.4) is 0 Å². The quantitative estimate of drug-likeness (QED) is 0.415. The number of carbonyl (C=O) groups excluding carboxylic acids is 1. The first-order valence-corrected chi connectivity index (χ1v) is 9.70. The standard InChI is InChI=1S/C24H18N2O6/c27-19(14-16-5-4-8-18(13-16)23(28)29)15-30-20-9-11-21(12-10-20)31-24-26-25-22(32-24)17-6-2-1-3-7-17/h1-13H,14-15H2,(H,28,29). The number of benzene rings is 3. The summed E-state index contributed by atoms with van der Waals surface area (Å²) in [4.78, 5) is 23.2. The first-order chi connectivity index (χ1) is 15.6. The number of ether oxygens (including phenoxy) is 2. The first-order valence-electron chi connectivity index (χ1n) is 9.70. The zero-order valence-corrected chi connectivity index (χ0v) is 16.8. The van der Waals surface area contributed by atoms with Crippen LogP contribution >= 0.6 is 0 Å². The van der Waals surface area contributed by atoms with E-state index < -0.39 is 5.97 Å². The van der Waals surface area contributed by atoms with Crippen molar-refractivity contribution in [1.29, 1.82) is 0 Å². The van der Waals surface area contributed by atoms with Crippen molar-refractivity contribution >= 4 is 11.8 Å². The minimum Gasteiger partial charge on any atom is -0.486 e. The topological polar surface area (TPSA) is 112 Å². The van der Waals surface area contributed by atoms with Crippen molar-refractivity contribution in [2.75, 3.05) is 6.61 Å². The fourth-order valence-electron chi connectivity index (χ4n) is 2.91. The second-order valence-corrected chi connectivity index (χ2v) is 6.82. The molecule has 0 aliphatic carbocycles. The highest BCUT2D eigenvalue weighted by Gasteiger charge is 2.11. The summed E-state index contributed by atoms with van der Waals surface area (Å²) >= 11 is 0. The van der Waals surface area contributed by atoms with Crippen molar-refractivity contribution in [1.82, 2.24) is 10.2 Å². The molecule has 0 saturated heterocycles. The molecule has 4 rings (SSSR count). The van der Waals surface area contributed by atoms with Gasteiger partial charge in [0, 0.05) is 12.0 Å². The molecule has 0 amide bonds. The van der Waals surface area contributed by atoms with E-state index >= 15 is 0 Å². The normalized spacial score (nSPS) is 10.5. The van der Waals surface area contributed by atoms with Gasteiger partial charge in [-0.2, -0.15) is 0 Å². The third kappa shape index (κ3) is 5.37. The maximum atomic E-state index is 12.2. The minimum absolute atomic E-state index is 0.0105. The Labute approximate surface area is 183 Å². The van der Waals surface area contributed by atoms with Crippen molar-refractivity contribution in [3.63, 3.8) is 0 Å². The molecule has 0 aliphatic rings. The molecule has 8 heteroatoms. The van der Waals surface area contributed by atoms with Crippen LogP contribution in [0.2, 0.25) is 0 Å². The molecule has 0 radical (unpaired) electrons. The molecule has 0 saturated carbocycles. The number of carboxylic acids is 1. The van der Waals surface area contributed by atoms with Gasteiger partial charge in [0.2, 0.25) is 0 Å². The van der Waals surface area contributed by atoms with E-state index in [-0.39, 0.29) is 30.5 Å². The average molecular weight is 430 g/mol. The molecule has 1 N–H and O–H groups in total. The number of rotatable bonds is 9. The maximum absolute atomic E-state index is 12.2. The number of nitrogens with zero attached hydrogens (tertiary/aromatic N) is 2. The van der Waals surface area contributed by atoms with Gasteiger partial charge < -0.3 is 19.0 Å². The molecule has 32 heavy (non-hydrogen) atoms. The fourth-order valence-corrected chi connectivity index (χ4v) is 2.91. The molecule has 3 aromatic carbocycles. The number of carboxylic acid groups (broad SMARTS) is 1. The number of aromatic nitrogens is 2. The van der Waals surface area contributed by atoms with E-state index in [9.17, 15) is 9.59 Å². The Kier molecular flexibility index (Phi) is 6.22. The number of Topliss-reactive ketones (excluding diaryl/α,β-unsaturated/α-hetero) is 1. The number of aromatic carboxylic acids is 1. The third-order valence-corrected chi connectivity index (χ3v) is 4.43. The third-order valence-electron chi connectivity index (χ3n) is 4.43. The molecule has 160 valence electrons. The summed E-state index contributed by atoms with van der Waals surface area (Å²) < 4.78 is 16.6. The summed E-state index contributed by atoms with van der Waals surface area (Å²) in [6, 6.07) is 22.2. The molecular formula is C24H18N2O6. The van der Waals surface area contributed by atoms with Crippen molar-refractivity contribution in [2.45, 2.75) is 6.42 Å². The van der Waals surface area contributed by atoms with Gasteiger partial charge in [-0.05, 0) is 54.1 Å². The second-order valence-electron chi connectivity index (χ2n) is 6.82. The van der Waals surface area contributed by atoms with Crippen LogP contribution < -0.4 is 9.47 Å². The van der Waals surface area contributed by atoms with Gasteiger partial charge in [0.05, 0.1) is 5.56 Å².